The van der Waals surface area contributed by atoms with Crippen molar-refractivity contribution in [3.8, 4) is 0 Å². The van der Waals surface area contributed by atoms with Gasteiger partial charge in [-0.25, -0.2) is 0 Å². The highest BCUT2D eigenvalue weighted by Crippen LogP contribution is 2.32. The molecule has 4 saturated heterocycles. The molecule has 4 heterocycles. The van der Waals surface area contributed by atoms with Gasteiger partial charge in [-0.2, -0.15) is 0 Å². The molecule has 18 nitrogen and oxygen atoms in total. The van der Waals surface area contributed by atoms with E-state index in [9.17, 15) is 28.8 Å². The first-order chi connectivity index (χ1) is 56.5. The molecular formula is C94H106Cl4N12O6. The standard InChI is InChI=1S/C35H41ClN4O2.C30H33ClN4O2.C29H32Cl2N4O2/c36-30-17-14-27(15-18-30)16-19-34(41)37-24-31-20-23-40(35(42)33(38-31)26-39-21-8-3-9-22-39)25-32(28-10-4-1-5-11-28)29-12-6-2-7-13-29;31-25-14-11-22(12-15-25)13-16-29(36)33-20-26-17-18-35(30(37)28(19-32)34-26)21-27(23-7-3-1-4-8-23)24-9-5-2-6-10-24;30-25-12-11-22(17-26(25)31)28(36)33-18-23-14-16-35(29(37)27(34-23)13-15-32)19-24(20-7-3-1-4-8-20)21-9-5-2-6-10-21/h1-2,4-7,10-19,31-33,38H,3,8-9,20-26H2,(H,37,41);1-16,26-28,34H,17-21,32H2,(H,33,36);1-12,17,23-24,27,34H,13-16,18-19,32H2,(H,33,36)/b19-16+;16-13+;/t31-,33-;26-,28-;23-,27-/m000/s1. The van der Waals surface area contributed by atoms with Gasteiger partial charge in [-0.3, -0.25) is 28.8 Å². The molecule has 0 saturated carbocycles. The third-order valence-corrected chi connectivity index (χ3v) is 23.0. The van der Waals surface area contributed by atoms with Gasteiger partial charge in [0.1, 0.15) is 0 Å². The molecule has 0 aliphatic carbocycles. The Balaban J connectivity index is 0.000000172. The summed E-state index contributed by atoms with van der Waals surface area (Å²) in [6.45, 7) is 8.12. The number of carbonyl (C=O) groups is 6. The van der Waals surface area contributed by atoms with Crippen molar-refractivity contribution < 1.29 is 28.8 Å². The Kier molecular flexibility index (Phi) is 34.2. The third-order valence-electron chi connectivity index (χ3n) is 21.7. The summed E-state index contributed by atoms with van der Waals surface area (Å²) in [5.41, 5.74) is 21.2. The maximum atomic E-state index is 14.1. The zero-order chi connectivity index (χ0) is 81.4. The number of hydrogen-bond acceptors (Lipinski definition) is 12. The van der Waals surface area contributed by atoms with Gasteiger partial charge in [0.2, 0.25) is 29.5 Å². The largest absolute Gasteiger partial charge is 0.351 e. The van der Waals surface area contributed by atoms with Crippen molar-refractivity contribution in [1.29, 1.82) is 0 Å². The number of amides is 6. The summed E-state index contributed by atoms with van der Waals surface area (Å²) in [6, 6.07) is 80.1. The van der Waals surface area contributed by atoms with Gasteiger partial charge in [-0.1, -0.05) is 259 Å². The molecule has 116 heavy (non-hydrogen) atoms. The molecule has 9 aromatic rings. The fourth-order valence-electron chi connectivity index (χ4n) is 15.3. The van der Waals surface area contributed by atoms with Crippen LogP contribution in [0.5, 0.6) is 0 Å². The predicted molar refractivity (Wildman–Crippen MR) is 469 cm³/mol. The van der Waals surface area contributed by atoms with Crippen LogP contribution in [0.2, 0.25) is 20.1 Å². The summed E-state index contributed by atoms with van der Waals surface area (Å²) in [6.07, 6.45) is 12.9. The van der Waals surface area contributed by atoms with E-state index in [0.717, 1.165) is 30.6 Å². The van der Waals surface area contributed by atoms with Gasteiger partial charge in [0.15, 0.2) is 0 Å². The first-order valence-electron chi connectivity index (χ1n) is 40.3. The van der Waals surface area contributed by atoms with Gasteiger partial charge >= 0.3 is 0 Å². The van der Waals surface area contributed by atoms with E-state index in [1.165, 1.54) is 58.7 Å². The summed E-state index contributed by atoms with van der Waals surface area (Å²) in [4.78, 5) is 87.2. The highest BCUT2D eigenvalue weighted by molar-refractivity contribution is 6.42. The minimum atomic E-state index is -0.499. The lowest BCUT2D eigenvalue weighted by Gasteiger charge is -2.33. The van der Waals surface area contributed by atoms with Crippen LogP contribution in [0, 0.1) is 0 Å². The Morgan fingerprint density at radius 3 is 1.11 bits per heavy atom. The van der Waals surface area contributed by atoms with Crippen molar-refractivity contribution in [3.05, 3.63) is 331 Å². The Bertz CT molecular complexity index is 4500. The zero-order valence-corrected chi connectivity index (χ0v) is 68.5. The maximum Gasteiger partial charge on any atom is 0.251 e. The topological polar surface area (TPSA) is 240 Å². The van der Waals surface area contributed by atoms with Crippen LogP contribution >= 0.6 is 46.4 Å². The summed E-state index contributed by atoms with van der Waals surface area (Å²) in [5.74, 6) is -0.209. The molecule has 6 amide bonds. The van der Waals surface area contributed by atoms with Gasteiger partial charge < -0.3 is 63.0 Å². The quantitative estimate of drug-likeness (QED) is 0.0214. The van der Waals surface area contributed by atoms with Crippen molar-refractivity contribution in [2.24, 2.45) is 11.5 Å². The van der Waals surface area contributed by atoms with Crippen LogP contribution in [0.25, 0.3) is 12.2 Å². The number of nitrogens with zero attached hydrogens (tertiary/aromatic N) is 4. The van der Waals surface area contributed by atoms with E-state index in [1.807, 2.05) is 119 Å². The van der Waals surface area contributed by atoms with E-state index in [2.05, 4.69) is 139 Å². The zero-order valence-electron chi connectivity index (χ0n) is 65.4. The molecule has 22 heteroatoms. The first-order valence-corrected chi connectivity index (χ1v) is 41.8. The molecule has 0 aromatic heterocycles. The van der Waals surface area contributed by atoms with Crippen LogP contribution in [0.4, 0.5) is 0 Å². The normalized spacial score (nSPS) is 18.9. The van der Waals surface area contributed by atoms with E-state index >= 15 is 0 Å². The third kappa shape index (κ3) is 26.6. The monoisotopic (exact) mass is 1640 g/mol. The number of likely N-dealkylation sites (tertiary alicyclic amines) is 1. The SMILES string of the molecule is NCC[C@@H]1N[C@H](CNC(=O)c2ccc(Cl)c(Cl)c2)CCN(CC(c2ccccc2)c2ccccc2)C1=O.NC[C@@H]1N[C@H](CNC(=O)/C=C/c2ccc(Cl)cc2)CCN(CC(c2ccccc2)c2ccccc2)C1=O.O=C(/C=C/c1ccc(Cl)cc1)NC[C@@H]1CCN(CC(c2ccccc2)c2ccccc2)C(=O)[C@H](CN2CCCCC2)N1. The molecule has 4 aliphatic heterocycles. The minimum absolute atomic E-state index is 0.00387. The van der Waals surface area contributed by atoms with Crippen molar-refractivity contribution in [3.63, 3.8) is 0 Å². The summed E-state index contributed by atoms with van der Waals surface area (Å²) >= 11 is 23.9. The number of halogens is 4. The van der Waals surface area contributed by atoms with Gasteiger partial charge in [-0.15, -0.1) is 0 Å². The van der Waals surface area contributed by atoms with Crippen LogP contribution in [-0.4, -0.2) is 183 Å². The van der Waals surface area contributed by atoms with E-state index in [1.54, 1.807) is 60.7 Å². The van der Waals surface area contributed by atoms with Crippen LogP contribution < -0.4 is 43.4 Å². The summed E-state index contributed by atoms with van der Waals surface area (Å²) in [7, 11) is 0. The van der Waals surface area contributed by atoms with Gasteiger partial charge in [0, 0.05) is 136 Å². The summed E-state index contributed by atoms with van der Waals surface area (Å²) < 4.78 is 0. The van der Waals surface area contributed by atoms with Crippen molar-refractivity contribution >= 4 is 94.0 Å². The number of nitrogens with one attached hydrogen (secondary N) is 6. The van der Waals surface area contributed by atoms with Gasteiger partial charge in [-0.05, 0) is 157 Å². The molecule has 6 atom stereocenters. The smallest absolute Gasteiger partial charge is 0.251 e. The number of hydrogen-bond donors (Lipinski definition) is 8. The van der Waals surface area contributed by atoms with Gasteiger partial charge in [0.05, 0.1) is 28.2 Å². The molecule has 0 unspecified atom stereocenters. The van der Waals surface area contributed by atoms with E-state index in [0.29, 0.717) is 117 Å². The van der Waals surface area contributed by atoms with E-state index in [4.69, 9.17) is 57.9 Å². The molecule has 4 aliphatic rings. The maximum absolute atomic E-state index is 14.1. The number of nitrogens with two attached hydrogens (primary N) is 2. The Hall–Kier alpha value is -9.80. The molecule has 9 aromatic carbocycles. The van der Waals surface area contributed by atoms with Crippen LogP contribution in [0.1, 0.15) is 118 Å². The van der Waals surface area contributed by atoms with E-state index in [-0.39, 0.29) is 83.9 Å². The highest BCUT2D eigenvalue weighted by atomic mass is 35.5. The lowest BCUT2D eigenvalue weighted by atomic mass is 9.90. The lowest BCUT2D eigenvalue weighted by molar-refractivity contribution is -0.134. The summed E-state index contributed by atoms with van der Waals surface area (Å²) in [5, 5.41) is 21.5. The lowest BCUT2D eigenvalue weighted by Crippen LogP contribution is -2.54. The Labute approximate surface area is 702 Å². The number of rotatable bonds is 28. The van der Waals surface area contributed by atoms with Crippen LogP contribution in [0.15, 0.2) is 261 Å². The molecule has 0 spiro atoms. The second-order valence-electron chi connectivity index (χ2n) is 29.9. The molecule has 606 valence electrons. The van der Waals surface area contributed by atoms with Crippen molar-refractivity contribution in [1.82, 2.24) is 51.5 Å². The number of benzene rings is 9. The minimum Gasteiger partial charge on any atom is -0.351 e. The molecule has 0 radical (unpaired) electrons. The average molecular weight is 1640 g/mol. The first kappa shape index (κ1) is 87.0. The van der Waals surface area contributed by atoms with Crippen LogP contribution in [0.3, 0.4) is 0 Å². The molecule has 0 bridgehead atoms. The van der Waals surface area contributed by atoms with Crippen LogP contribution in [-0.2, 0) is 24.0 Å². The number of piperidine rings is 1. The average Bonchev–Trinajstić information content (AvgIpc) is 1.66. The second-order valence-corrected chi connectivity index (χ2v) is 31.5. The Morgan fingerprint density at radius 2 is 0.750 bits per heavy atom. The molecule has 13 rings (SSSR count). The van der Waals surface area contributed by atoms with Gasteiger partial charge in [0.25, 0.3) is 5.91 Å². The fourth-order valence-corrected chi connectivity index (χ4v) is 15.9. The molecule has 10 N–H and O–H groups in total. The highest BCUT2D eigenvalue weighted by Gasteiger charge is 2.37. The van der Waals surface area contributed by atoms with E-state index < -0.39 is 12.1 Å². The van der Waals surface area contributed by atoms with Crippen molar-refractivity contribution in [2.45, 2.75) is 99.0 Å². The number of carbonyl (C=O) groups excluding carboxylic acids is 6. The Morgan fingerprint density at radius 1 is 0.405 bits per heavy atom. The fraction of sp³-hybridized carbons (Fsp3) is 0.319. The second kappa shape index (κ2) is 45.6. The predicted octanol–water partition coefficient (Wildman–Crippen LogP) is 13.6. The molecule has 4 fully saturated rings. The molecular weight excluding hydrogens is 1530 g/mol. The van der Waals surface area contributed by atoms with Crippen molar-refractivity contribution in [2.75, 3.05) is 91.6 Å².